The van der Waals surface area contributed by atoms with Gasteiger partial charge in [0.2, 0.25) is 0 Å². The number of amides is 2. The van der Waals surface area contributed by atoms with Gasteiger partial charge in [0.05, 0.1) is 16.7 Å². The monoisotopic (exact) mass is 421 g/mol. The number of carbonyl (C=O) groups is 2. The first-order chi connectivity index (χ1) is 14.3. The fourth-order valence-electron chi connectivity index (χ4n) is 3.12. The van der Waals surface area contributed by atoms with Gasteiger partial charge < -0.3 is 10.6 Å². The summed E-state index contributed by atoms with van der Waals surface area (Å²) < 4.78 is 0. The van der Waals surface area contributed by atoms with E-state index in [9.17, 15) is 9.59 Å². The molecule has 3 rings (SSSR count). The van der Waals surface area contributed by atoms with Crippen LogP contribution >= 0.6 is 11.3 Å². The third kappa shape index (κ3) is 5.54. The molecule has 1 heterocycles. The average Bonchev–Trinajstić information content (AvgIpc) is 3.08. The third-order valence-electron chi connectivity index (χ3n) is 4.66. The molecule has 2 N–H and O–H groups in total. The molecular formula is C24H27N3O2S. The average molecular weight is 422 g/mol. The summed E-state index contributed by atoms with van der Waals surface area (Å²) in [5, 5.41) is 6.95. The van der Waals surface area contributed by atoms with Crippen molar-refractivity contribution in [2.75, 3.05) is 5.32 Å². The van der Waals surface area contributed by atoms with Crippen LogP contribution in [0, 0.1) is 12.8 Å². The van der Waals surface area contributed by atoms with Crippen LogP contribution in [0.2, 0.25) is 0 Å². The van der Waals surface area contributed by atoms with E-state index in [0.717, 1.165) is 22.7 Å². The first kappa shape index (κ1) is 21.7. The summed E-state index contributed by atoms with van der Waals surface area (Å²) in [7, 11) is 0. The molecule has 156 valence electrons. The number of nitrogens with one attached hydrogen (secondary N) is 2. The van der Waals surface area contributed by atoms with Crippen molar-refractivity contribution in [3.8, 4) is 0 Å². The number of carbonyl (C=O) groups excluding carboxylic acids is 2. The molecule has 3 aromatic rings. The fraction of sp³-hybridized carbons (Fsp3) is 0.292. The van der Waals surface area contributed by atoms with Crippen molar-refractivity contribution in [2.24, 2.45) is 5.92 Å². The highest BCUT2D eigenvalue weighted by atomic mass is 32.1. The number of hydrogen-bond acceptors (Lipinski definition) is 4. The van der Waals surface area contributed by atoms with Gasteiger partial charge in [-0.05, 0) is 49.6 Å². The Labute approximate surface area is 181 Å². The topological polar surface area (TPSA) is 71.1 Å². The number of aryl methyl sites for hydroxylation is 1. The van der Waals surface area contributed by atoms with E-state index >= 15 is 0 Å². The highest BCUT2D eigenvalue weighted by Crippen LogP contribution is 2.23. The Bertz CT molecular complexity index is 1030. The zero-order valence-electron chi connectivity index (χ0n) is 17.7. The molecule has 1 unspecified atom stereocenters. The summed E-state index contributed by atoms with van der Waals surface area (Å²) in [5.74, 6) is 0.216. The maximum atomic E-state index is 12.8. The van der Waals surface area contributed by atoms with Gasteiger partial charge in [0.15, 0.2) is 0 Å². The molecule has 1 aromatic heterocycles. The summed E-state index contributed by atoms with van der Waals surface area (Å²) >= 11 is 1.46. The highest BCUT2D eigenvalue weighted by Gasteiger charge is 2.18. The van der Waals surface area contributed by atoms with E-state index in [1.165, 1.54) is 11.3 Å². The van der Waals surface area contributed by atoms with Crippen LogP contribution in [0.4, 0.5) is 5.69 Å². The summed E-state index contributed by atoms with van der Waals surface area (Å²) in [6, 6.07) is 16.4. The minimum atomic E-state index is -0.207. The number of rotatable bonds is 7. The Kier molecular flexibility index (Phi) is 7.00. The third-order valence-corrected chi connectivity index (χ3v) is 5.84. The van der Waals surface area contributed by atoms with Crippen molar-refractivity contribution < 1.29 is 9.59 Å². The lowest BCUT2D eigenvalue weighted by Crippen LogP contribution is -2.26. The molecule has 2 amide bonds. The Morgan fingerprint density at radius 3 is 2.43 bits per heavy atom. The van der Waals surface area contributed by atoms with Crippen LogP contribution in [0.1, 0.15) is 63.1 Å². The van der Waals surface area contributed by atoms with Crippen molar-refractivity contribution in [2.45, 2.75) is 40.2 Å². The van der Waals surface area contributed by atoms with Crippen LogP contribution < -0.4 is 10.6 Å². The van der Waals surface area contributed by atoms with E-state index in [2.05, 4.69) is 29.5 Å². The van der Waals surface area contributed by atoms with Gasteiger partial charge >= 0.3 is 0 Å². The van der Waals surface area contributed by atoms with E-state index in [4.69, 9.17) is 0 Å². The number of hydrogen-bond donors (Lipinski definition) is 2. The molecule has 0 aliphatic carbocycles. The van der Waals surface area contributed by atoms with E-state index in [-0.39, 0.29) is 17.9 Å². The molecule has 1 atom stereocenters. The number of benzene rings is 2. The lowest BCUT2D eigenvalue weighted by molar-refractivity contribution is 0.0942. The fourth-order valence-corrected chi connectivity index (χ4v) is 4.30. The van der Waals surface area contributed by atoms with Crippen LogP contribution in [-0.4, -0.2) is 16.8 Å². The maximum Gasteiger partial charge on any atom is 0.263 e. The molecule has 0 aliphatic rings. The van der Waals surface area contributed by atoms with Crippen molar-refractivity contribution in [1.82, 2.24) is 10.3 Å². The summed E-state index contributed by atoms with van der Waals surface area (Å²) in [6.45, 7) is 8.09. The van der Waals surface area contributed by atoms with Crippen molar-refractivity contribution in [3.63, 3.8) is 0 Å². The molecule has 30 heavy (non-hydrogen) atoms. The first-order valence-electron chi connectivity index (χ1n) is 10.1. The minimum Gasteiger partial charge on any atom is -0.345 e. The van der Waals surface area contributed by atoms with E-state index < -0.39 is 0 Å². The Balaban J connectivity index is 1.68. The van der Waals surface area contributed by atoms with E-state index in [1.807, 2.05) is 56.3 Å². The molecule has 5 nitrogen and oxygen atoms in total. The van der Waals surface area contributed by atoms with Gasteiger partial charge in [0.25, 0.3) is 11.8 Å². The standard InChI is InChI=1S/C24H27N3O2S/c1-15(2)13-21-25-17(4)22(30-21)24(29)26-16(3)19-11-8-12-20(14-19)27-23(28)18-9-6-5-7-10-18/h5-12,14-16H,13H2,1-4H3,(H,26,29)(H,27,28). The molecule has 6 heteroatoms. The number of nitrogens with zero attached hydrogens (tertiary/aromatic N) is 1. The second-order valence-corrected chi connectivity index (χ2v) is 8.84. The second-order valence-electron chi connectivity index (χ2n) is 7.76. The maximum absolute atomic E-state index is 12.8. The smallest absolute Gasteiger partial charge is 0.263 e. The van der Waals surface area contributed by atoms with Crippen molar-refractivity contribution >= 4 is 28.8 Å². The molecule has 2 aromatic carbocycles. The van der Waals surface area contributed by atoms with Crippen LogP contribution in [0.3, 0.4) is 0 Å². The zero-order chi connectivity index (χ0) is 21.7. The Hall–Kier alpha value is -2.99. The molecule has 0 fully saturated rings. The molecule has 0 saturated heterocycles. The zero-order valence-corrected chi connectivity index (χ0v) is 18.5. The molecule has 0 saturated carbocycles. The van der Waals surface area contributed by atoms with Crippen LogP contribution in [0.15, 0.2) is 54.6 Å². The SMILES string of the molecule is Cc1nc(CC(C)C)sc1C(=O)NC(C)c1cccc(NC(=O)c2ccccc2)c1. The largest absolute Gasteiger partial charge is 0.345 e. The first-order valence-corrected chi connectivity index (χ1v) is 10.9. The van der Waals surface area contributed by atoms with E-state index in [1.54, 1.807) is 12.1 Å². The number of aromatic nitrogens is 1. The van der Waals surface area contributed by atoms with Gasteiger partial charge in [0.1, 0.15) is 4.88 Å². The van der Waals surface area contributed by atoms with Gasteiger partial charge in [0, 0.05) is 17.7 Å². The van der Waals surface area contributed by atoms with Gasteiger partial charge in [-0.15, -0.1) is 11.3 Å². The lowest BCUT2D eigenvalue weighted by atomic mass is 10.1. The Morgan fingerprint density at radius 1 is 1.00 bits per heavy atom. The van der Waals surface area contributed by atoms with Crippen molar-refractivity contribution in [1.29, 1.82) is 0 Å². The van der Waals surface area contributed by atoms with Crippen LogP contribution in [0.5, 0.6) is 0 Å². The normalized spacial score (nSPS) is 11.9. The van der Waals surface area contributed by atoms with Gasteiger partial charge in [-0.2, -0.15) is 0 Å². The summed E-state index contributed by atoms with van der Waals surface area (Å²) in [5.41, 5.74) is 2.97. The molecule has 0 radical (unpaired) electrons. The van der Waals surface area contributed by atoms with Crippen LogP contribution in [-0.2, 0) is 6.42 Å². The quantitative estimate of drug-likeness (QED) is 0.537. The number of thiazole rings is 1. The Morgan fingerprint density at radius 2 is 1.73 bits per heavy atom. The molecule has 0 spiro atoms. The van der Waals surface area contributed by atoms with Crippen molar-refractivity contribution in [3.05, 3.63) is 81.3 Å². The van der Waals surface area contributed by atoms with Gasteiger partial charge in [-0.1, -0.05) is 44.2 Å². The van der Waals surface area contributed by atoms with Crippen LogP contribution in [0.25, 0.3) is 0 Å². The molecule has 0 bridgehead atoms. The predicted molar refractivity (Wildman–Crippen MR) is 122 cm³/mol. The predicted octanol–water partition coefficient (Wildman–Crippen LogP) is 5.39. The van der Waals surface area contributed by atoms with E-state index in [0.29, 0.717) is 22.0 Å². The summed E-state index contributed by atoms with van der Waals surface area (Å²) in [4.78, 5) is 30.4. The van der Waals surface area contributed by atoms with Gasteiger partial charge in [-0.25, -0.2) is 4.98 Å². The lowest BCUT2D eigenvalue weighted by Gasteiger charge is -2.15. The highest BCUT2D eigenvalue weighted by molar-refractivity contribution is 7.13. The molecular weight excluding hydrogens is 394 g/mol. The second kappa shape index (κ2) is 9.67. The summed E-state index contributed by atoms with van der Waals surface area (Å²) in [6.07, 6.45) is 0.873. The number of anilines is 1. The molecule has 0 aliphatic heterocycles. The minimum absolute atomic E-state index is 0.119. The van der Waals surface area contributed by atoms with Gasteiger partial charge in [-0.3, -0.25) is 9.59 Å².